The fraction of sp³-hybridized carbons (Fsp3) is 0.269. The number of amides is 1. The highest BCUT2D eigenvalue weighted by molar-refractivity contribution is 6.31. The first-order valence-electron chi connectivity index (χ1n) is 10.9. The van der Waals surface area contributed by atoms with Crippen LogP contribution in [0.25, 0.3) is 0 Å². The maximum Gasteiger partial charge on any atom is 0.407 e. The summed E-state index contributed by atoms with van der Waals surface area (Å²) in [5, 5.41) is 10.9. The first-order chi connectivity index (χ1) is 16.0. The molecule has 0 aromatic heterocycles. The number of rotatable bonds is 7. The average Bonchev–Trinajstić information content (AvgIpc) is 2.82. The second-order valence-corrected chi connectivity index (χ2v) is 8.96. The molecule has 3 aromatic rings. The zero-order valence-corrected chi connectivity index (χ0v) is 19.5. The van der Waals surface area contributed by atoms with Gasteiger partial charge in [0.25, 0.3) is 0 Å². The molecule has 1 saturated heterocycles. The minimum atomic E-state index is -0.912. The van der Waals surface area contributed by atoms with Crippen molar-refractivity contribution >= 4 is 29.3 Å². The standard InChI is InChI=1S/C26H25Cl2NO4/c27-20-12-10-19(11-13-20)25(23-8-4-5-9-24(23)28)33-32-22-14-15-29(26(30)31)21(17-22)16-18-6-2-1-3-7-18/h1-13,21-22,25H,14-17H2,(H,30,31). The van der Waals surface area contributed by atoms with Crippen LogP contribution in [0.4, 0.5) is 4.79 Å². The third-order valence-corrected chi connectivity index (χ3v) is 6.47. The van der Waals surface area contributed by atoms with Gasteiger partial charge in [-0.2, -0.15) is 0 Å². The molecule has 1 fully saturated rings. The smallest absolute Gasteiger partial charge is 0.407 e. The van der Waals surface area contributed by atoms with Crippen LogP contribution >= 0.6 is 23.2 Å². The molecule has 3 aromatic carbocycles. The second kappa shape index (κ2) is 11.0. The Labute approximate surface area is 203 Å². The summed E-state index contributed by atoms with van der Waals surface area (Å²) in [5.41, 5.74) is 2.73. The number of carboxylic acid groups (broad SMARTS) is 1. The fourth-order valence-electron chi connectivity index (χ4n) is 4.18. The molecule has 0 saturated carbocycles. The Kier molecular flexibility index (Phi) is 7.89. The lowest BCUT2D eigenvalue weighted by molar-refractivity contribution is -0.352. The van der Waals surface area contributed by atoms with Gasteiger partial charge < -0.3 is 10.0 Å². The van der Waals surface area contributed by atoms with E-state index in [-0.39, 0.29) is 12.1 Å². The summed E-state index contributed by atoms with van der Waals surface area (Å²) in [7, 11) is 0. The van der Waals surface area contributed by atoms with Crippen LogP contribution in [0.15, 0.2) is 78.9 Å². The molecule has 0 bridgehead atoms. The van der Waals surface area contributed by atoms with E-state index >= 15 is 0 Å². The van der Waals surface area contributed by atoms with E-state index in [0.717, 1.165) is 16.7 Å². The van der Waals surface area contributed by atoms with Crippen LogP contribution in [0.3, 0.4) is 0 Å². The van der Waals surface area contributed by atoms with Crippen molar-refractivity contribution in [3.63, 3.8) is 0 Å². The van der Waals surface area contributed by atoms with Gasteiger partial charge in [0.05, 0.1) is 6.10 Å². The van der Waals surface area contributed by atoms with Crippen LogP contribution in [0.1, 0.15) is 35.6 Å². The summed E-state index contributed by atoms with van der Waals surface area (Å²) in [6.07, 6.45) is 0.0147. The van der Waals surface area contributed by atoms with Gasteiger partial charge in [-0.05, 0) is 48.6 Å². The summed E-state index contributed by atoms with van der Waals surface area (Å²) in [6, 6.07) is 24.5. The number of nitrogens with zero attached hydrogens (tertiary/aromatic N) is 1. The van der Waals surface area contributed by atoms with Crippen LogP contribution in [-0.4, -0.2) is 34.8 Å². The molecule has 0 aliphatic carbocycles. The van der Waals surface area contributed by atoms with Crippen LogP contribution < -0.4 is 0 Å². The first-order valence-corrected chi connectivity index (χ1v) is 11.6. The van der Waals surface area contributed by atoms with Crippen LogP contribution in [0.5, 0.6) is 0 Å². The second-order valence-electron chi connectivity index (χ2n) is 8.11. The van der Waals surface area contributed by atoms with Gasteiger partial charge in [-0.15, -0.1) is 0 Å². The molecule has 4 rings (SSSR count). The Balaban J connectivity index is 1.49. The van der Waals surface area contributed by atoms with Crippen molar-refractivity contribution in [1.82, 2.24) is 4.90 Å². The van der Waals surface area contributed by atoms with Crippen molar-refractivity contribution in [1.29, 1.82) is 0 Å². The molecular formula is C26H25Cl2NO4. The summed E-state index contributed by atoms with van der Waals surface area (Å²) >= 11 is 12.5. The molecule has 0 radical (unpaired) electrons. The van der Waals surface area contributed by atoms with E-state index < -0.39 is 12.2 Å². The van der Waals surface area contributed by atoms with E-state index in [0.29, 0.717) is 35.9 Å². The Hall–Kier alpha value is -2.57. The van der Waals surface area contributed by atoms with E-state index in [1.807, 2.05) is 66.7 Å². The van der Waals surface area contributed by atoms with Gasteiger partial charge >= 0.3 is 6.09 Å². The topological polar surface area (TPSA) is 59.0 Å². The molecule has 1 amide bonds. The van der Waals surface area contributed by atoms with Crippen molar-refractivity contribution in [2.75, 3.05) is 6.54 Å². The summed E-state index contributed by atoms with van der Waals surface area (Å²) in [5.74, 6) is 0. The van der Waals surface area contributed by atoms with Gasteiger partial charge in [-0.1, -0.05) is 83.9 Å². The number of piperidine rings is 1. The van der Waals surface area contributed by atoms with Gasteiger partial charge in [-0.25, -0.2) is 14.6 Å². The first kappa shape index (κ1) is 23.6. The molecule has 1 aliphatic rings. The molecular weight excluding hydrogens is 461 g/mol. The van der Waals surface area contributed by atoms with Gasteiger partial charge in [0.15, 0.2) is 0 Å². The zero-order chi connectivity index (χ0) is 23.2. The predicted molar refractivity (Wildman–Crippen MR) is 129 cm³/mol. The van der Waals surface area contributed by atoms with Crippen molar-refractivity contribution < 1.29 is 19.7 Å². The quantitative estimate of drug-likeness (QED) is 0.295. The molecule has 1 heterocycles. The summed E-state index contributed by atoms with van der Waals surface area (Å²) in [6.45, 7) is 0.387. The number of halogens is 2. The lowest BCUT2D eigenvalue weighted by atomic mass is 9.94. The number of carbonyl (C=O) groups is 1. The summed E-state index contributed by atoms with van der Waals surface area (Å²) < 4.78 is 0. The molecule has 7 heteroatoms. The Morgan fingerprint density at radius 1 is 1.00 bits per heavy atom. The van der Waals surface area contributed by atoms with Gasteiger partial charge in [0, 0.05) is 28.2 Å². The molecule has 172 valence electrons. The van der Waals surface area contributed by atoms with Crippen LogP contribution in [-0.2, 0) is 16.2 Å². The predicted octanol–water partition coefficient (Wildman–Crippen LogP) is 6.78. The number of likely N-dealkylation sites (tertiary alicyclic amines) is 1. The lowest BCUT2D eigenvalue weighted by Gasteiger charge is -2.37. The lowest BCUT2D eigenvalue weighted by Crippen LogP contribution is -2.48. The molecule has 3 unspecified atom stereocenters. The maximum absolute atomic E-state index is 11.8. The third-order valence-electron chi connectivity index (χ3n) is 5.88. The van der Waals surface area contributed by atoms with E-state index in [9.17, 15) is 9.90 Å². The zero-order valence-electron chi connectivity index (χ0n) is 17.9. The highest BCUT2D eigenvalue weighted by Crippen LogP contribution is 2.33. The number of benzene rings is 3. The van der Waals surface area contributed by atoms with Gasteiger partial charge in [0.1, 0.15) is 6.10 Å². The average molecular weight is 486 g/mol. The van der Waals surface area contributed by atoms with E-state index in [2.05, 4.69) is 0 Å². The van der Waals surface area contributed by atoms with Crippen LogP contribution in [0, 0.1) is 0 Å². The fourth-order valence-corrected chi connectivity index (χ4v) is 4.54. The van der Waals surface area contributed by atoms with E-state index in [4.69, 9.17) is 33.0 Å². The van der Waals surface area contributed by atoms with Crippen molar-refractivity contribution in [3.05, 3.63) is 106 Å². The van der Waals surface area contributed by atoms with Crippen molar-refractivity contribution in [2.24, 2.45) is 0 Å². The largest absolute Gasteiger partial charge is 0.465 e. The Morgan fingerprint density at radius 3 is 2.39 bits per heavy atom. The van der Waals surface area contributed by atoms with Crippen LogP contribution in [0.2, 0.25) is 10.0 Å². The molecule has 3 atom stereocenters. The molecule has 1 N–H and O–H groups in total. The minimum absolute atomic E-state index is 0.193. The van der Waals surface area contributed by atoms with Gasteiger partial charge in [0.2, 0.25) is 0 Å². The van der Waals surface area contributed by atoms with Crippen molar-refractivity contribution in [3.8, 4) is 0 Å². The number of hydrogen-bond donors (Lipinski definition) is 1. The minimum Gasteiger partial charge on any atom is -0.465 e. The SMILES string of the molecule is O=C(O)N1CCC(OOC(c2ccc(Cl)cc2)c2ccccc2Cl)CC1Cc1ccccc1. The molecule has 5 nitrogen and oxygen atoms in total. The molecule has 0 spiro atoms. The Bertz CT molecular complexity index is 1060. The summed E-state index contributed by atoms with van der Waals surface area (Å²) in [4.78, 5) is 25.2. The highest BCUT2D eigenvalue weighted by Gasteiger charge is 2.33. The maximum atomic E-state index is 11.8. The number of hydrogen-bond acceptors (Lipinski definition) is 3. The third kappa shape index (κ3) is 6.06. The molecule has 1 aliphatic heterocycles. The van der Waals surface area contributed by atoms with Gasteiger partial charge in [-0.3, -0.25) is 0 Å². The Morgan fingerprint density at radius 2 is 1.70 bits per heavy atom. The highest BCUT2D eigenvalue weighted by atomic mass is 35.5. The van der Waals surface area contributed by atoms with E-state index in [1.165, 1.54) is 4.90 Å². The molecule has 33 heavy (non-hydrogen) atoms. The normalized spacial score (nSPS) is 19.3. The van der Waals surface area contributed by atoms with E-state index in [1.54, 1.807) is 12.1 Å². The van der Waals surface area contributed by atoms with Crippen molar-refractivity contribution in [2.45, 2.75) is 37.5 Å². The monoisotopic (exact) mass is 485 g/mol.